The third-order valence-corrected chi connectivity index (χ3v) is 7.95. The van der Waals surface area contributed by atoms with Crippen molar-refractivity contribution in [3.05, 3.63) is 52.8 Å². The van der Waals surface area contributed by atoms with Gasteiger partial charge in [-0.25, -0.2) is 8.42 Å². The molecule has 0 aliphatic carbocycles. The lowest BCUT2D eigenvalue weighted by Crippen LogP contribution is -2.40. The van der Waals surface area contributed by atoms with Crippen LogP contribution in [0.1, 0.15) is 18.9 Å². The number of sulfone groups is 1. The topological polar surface area (TPSA) is 98.0 Å². The summed E-state index contributed by atoms with van der Waals surface area (Å²) in [5.41, 5.74) is 2.50. The molecule has 0 spiro atoms. The lowest BCUT2D eigenvalue weighted by Gasteiger charge is -2.29. The molecule has 4 rings (SSSR count). The smallest absolute Gasteiger partial charge is 0.263 e. The molecule has 10 heteroatoms. The molecule has 0 saturated carbocycles. The number of hydrogen-bond donors (Lipinski definition) is 0. The number of carbonyl (C=O) groups excluding carboxylic acids is 2. The van der Waals surface area contributed by atoms with Gasteiger partial charge in [-0.3, -0.25) is 9.59 Å². The third kappa shape index (κ3) is 5.63. The highest BCUT2D eigenvalue weighted by Gasteiger charge is 2.28. The van der Waals surface area contributed by atoms with Crippen molar-refractivity contribution in [2.24, 2.45) is 4.99 Å². The molecule has 35 heavy (non-hydrogen) atoms. The van der Waals surface area contributed by atoms with Gasteiger partial charge in [-0.1, -0.05) is 35.5 Å². The number of aryl methyl sites for hydroxylation is 1. The van der Waals surface area contributed by atoms with Crippen LogP contribution in [0.4, 0.5) is 5.69 Å². The van der Waals surface area contributed by atoms with E-state index in [0.717, 1.165) is 34.3 Å². The van der Waals surface area contributed by atoms with Gasteiger partial charge in [-0.15, -0.1) is 6.42 Å². The minimum absolute atomic E-state index is 0.166. The van der Waals surface area contributed by atoms with Gasteiger partial charge in [0.25, 0.3) is 5.91 Å². The molecule has 1 aliphatic rings. The molecule has 0 N–H and O–H groups in total. The van der Waals surface area contributed by atoms with Crippen LogP contribution in [0.2, 0.25) is 0 Å². The minimum atomic E-state index is -4.02. The normalized spacial score (nSPS) is 13.9. The van der Waals surface area contributed by atoms with Gasteiger partial charge in [0, 0.05) is 12.2 Å². The van der Waals surface area contributed by atoms with Crippen molar-refractivity contribution >= 4 is 48.9 Å². The highest BCUT2D eigenvalue weighted by molar-refractivity contribution is 7.92. The fraction of sp³-hybridized carbons (Fsp3) is 0.320. The molecule has 2 aromatic carbocycles. The van der Waals surface area contributed by atoms with Crippen LogP contribution in [0.25, 0.3) is 10.2 Å². The van der Waals surface area contributed by atoms with Crippen molar-refractivity contribution in [1.29, 1.82) is 0 Å². The second kappa shape index (κ2) is 10.5. The number of anilines is 1. The molecule has 0 saturated heterocycles. The molecule has 0 atom stereocenters. The summed E-state index contributed by atoms with van der Waals surface area (Å²) in [5.74, 6) is 0.204. The number of rotatable bonds is 7. The first kappa shape index (κ1) is 24.7. The maximum absolute atomic E-state index is 12.8. The fourth-order valence-corrected chi connectivity index (χ4v) is 6.23. The Balaban J connectivity index is 1.54. The number of para-hydroxylation sites is 1. The summed E-state index contributed by atoms with van der Waals surface area (Å²) in [4.78, 5) is 31.3. The summed E-state index contributed by atoms with van der Waals surface area (Å²) >= 11 is 1.22. The Morgan fingerprint density at radius 1 is 1.20 bits per heavy atom. The number of fused-ring (bicyclic) bond motifs is 2. The van der Waals surface area contributed by atoms with Crippen molar-refractivity contribution < 1.29 is 22.7 Å². The van der Waals surface area contributed by atoms with Crippen LogP contribution < -0.4 is 14.4 Å². The van der Waals surface area contributed by atoms with E-state index in [1.54, 1.807) is 10.6 Å². The quantitative estimate of drug-likeness (QED) is 0.454. The zero-order valence-electron chi connectivity index (χ0n) is 19.3. The zero-order chi connectivity index (χ0) is 25.0. The fourth-order valence-electron chi connectivity index (χ4n) is 4.08. The second-order valence-electron chi connectivity index (χ2n) is 8.05. The molecule has 0 radical (unpaired) electrons. The molecule has 1 aromatic heterocycles. The number of ether oxygens (including phenoxy) is 1. The highest BCUT2D eigenvalue weighted by atomic mass is 32.2. The molecule has 0 bridgehead atoms. The number of terminal acetylenes is 1. The number of benzene rings is 2. The number of hydrogen-bond acceptors (Lipinski definition) is 6. The Morgan fingerprint density at radius 3 is 2.77 bits per heavy atom. The van der Waals surface area contributed by atoms with Gasteiger partial charge in [0.15, 0.2) is 14.6 Å². The molecule has 0 unspecified atom stereocenters. The first-order valence-corrected chi connectivity index (χ1v) is 13.8. The Labute approximate surface area is 207 Å². The SMILES string of the molecule is C#CCn1c(=NC(=O)CS(=O)(=O)CC(=O)N2CCCc3ccccc32)sc2cc(OCC)ccc21. The first-order valence-electron chi connectivity index (χ1n) is 11.2. The zero-order valence-corrected chi connectivity index (χ0v) is 20.9. The van der Waals surface area contributed by atoms with Gasteiger partial charge in [0.1, 0.15) is 17.3 Å². The number of thiazole rings is 1. The predicted molar refractivity (Wildman–Crippen MR) is 136 cm³/mol. The lowest BCUT2D eigenvalue weighted by molar-refractivity contribution is -0.116. The molecular weight excluding hydrogens is 486 g/mol. The van der Waals surface area contributed by atoms with E-state index in [9.17, 15) is 18.0 Å². The van der Waals surface area contributed by atoms with E-state index >= 15 is 0 Å². The molecule has 3 aromatic rings. The van der Waals surface area contributed by atoms with Crippen LogP contribution in [0.3, 0.4) is 0 Å². The van der Waals surface area contributed by atoms with Crippen molar-refractivity contribution in [2.45, 2.75) is 26.3 Å². The standard InChI is InChI=1S/C25H25N3O5S2/c1-3-13-28-21-12-11-19(33-4-2)15-22(21)34-25(28)26-23(29)16-35(31,32)17-24(30)27-14-7-9-18-8-5-6-10-20(18)27/h1,5-6,8,10-12,15H,4,7,9,13-14,16-17H2,2H3. The highest BCUT2D eigenvalue weighted by Crippen LogP contribution is 2.27. The average Bonchev–Trinajstić information content (AvgIpc) is 3.14. The molecule has 8 nitrogen and oxygen atoms in total. The Kier molecular flexibility index (Phi) is 7.38. The van der Waals surface area contributed by atoms with Gasteiger partial charge in [0.2, 0.25) is 5.91 Å². The molecule has 182 valence electrons. The van der Waals surface area contributed by atoms with E-state index in [1.165, 1.54) is 16.2 Å². The van der Waals surface area contributed by atoms with Crippen LogP contribution in [0.5, 0.6) is 5.75 Å². The molecule has 2 amide bonds. The van der Waals surface area contributed by atoms with Gasteiger partial charge >= 0.3 is 0 Å². The van der Waals surface area contributed by atoms with E-state index in [0.29, 0.717) is 23.7 Å². The van der Waals surface area contributed by atoms with Crippen LogP contribution >= 0.6 is 11.3 Å². The third-order valence-electron chi connectivity index (χ3n) is 5.53. The summed E-state index contributed by atoms with van der Waals surface area (Å²) < 4.78 is 33.4. The Bertz CT molecular complexity index is 1500. The van der Waals surface area contributed by atoms with E-state index in [-0.39, 0.29) is 6.54 Å². The van der Waals surface area contributed by atoms with E-state index in [1.807, 2.05) is 43.3 Å². The summed E-state index contributed by atoms with van der Waals surface area (Å²) in [6.07, 6.45) is 7.08. The van der Waals surface area contributed by atoms with E-state index in [2.05, 4.69) is 10.9 Å². The maximum atomic E-state index is 12.8. The monoisotopic (exact) mass is 511 g/mol. The summed E-state index contributed by atoms with van der Waals surface area (Å²) in [7, 11) is -4.02. The van der Waals surface area contributed by atoms with Crippen molar-refractivity contribution in [3.63, 3.8) is 0 Å². The lowest BCUT2D eigenvalue weighted by atomic mass is 10.0. The van der Waals surface area contributed by atoms with Crippen molar-refractivity contribution in [2.75, 3.05) is 29.6 Å². The Morgan fingerprint density at radius 2 is 2.00 bits per heavy atom. The largest absolute Gasteiger partial charge is 0.494 e. The molecular formula is C25H25N3O5S2. The van der Waals surface area contributed by atoms with E-state index in [4.69, 9.17) is 11.2 Å². The summed E-state index contributed by atoms with van der Waals surface area (Å²) in [5, 5.41) is 0. The van der Waals surface area contributed by atoms with Crippen LogP contribution in [-0.4, -0.2) is 49.5 Å². The maximum Gasteiger partial charge on any atom is 0.263 e. The number of carbonyl (C=O) groups is 2. The Hall–Kier alpha value is -3.42. The van der Waals surface area contributed by atoms with Gasteiger partial charge in [-0.2, -0.15) is 4.99 Å². The van der Waals surface area contributed by atoms with Crippen LogP contribution in [0, 0.1) is 12.3 Å². The van der Waals surface area contributed by atoms with Gasteiger partial charge < -0.3 is 14.2 Å². The van der Waals surface area contributed by atoms with Crippen LogP contribution in [-0.2, 0) is 32.4 Å². The first-order chi connectivity index (χ1) is 16.8. The molecule has 0 fully saturated rings. The minimum Gasteiger partial charge on any atom is -0.494 e. The number of amides is 2. The van der Waals surface area contributed by atoms with Crippen molar-refractivity contribution in [1.82, 2.24) is 4.57 Å². The number of nitrogens with zero attached hydrogens (tertiary/aromatic N) is 3. The van der Waals surface area contributed by atoms with Gasteiger partial charge in [-0.05, 0) is 49.6 Å². The van der Waals surface area contributed by atoms with Crippen molar-refractivity contribution in [3.8, 4) is 18.1 Å². The average molecular weight is 512 g/mol. The number of aromatic nitrogens is 1. The predicted octanol–water partition coefficient (Wildman–Crippen LogP) is 2.56. The van der Waals surface area contributed by atoms with Crippen LogP contribution in [0.15, 0.2) is 47.5 Å². The molecule has 2 heterocycles. The second-order valence-corrected chi connectivity index (χ2v) is 11.1. The summed E-state index contributed by atoms with van der Waals surface area (Å²) in [6, 6.07) is 12.9. The molecule has 1 aliphatic heterocycles. The summed E-state index contributed by atoms with van der Waals surface area (Å²) in [6.45, 7) is 3.00. The van der Waals surface area contributed by atoms with Gasteiger partial charge in [0.05, 0.1) is 23.4 Å². The van der Waals surface area contributed by atoms with E-state index < -0.39 is 33.2 Å².